The fourth-order valence-corrected chi connectivity index (χ4v) is 2.86. The van der Waals surface area contributed by atoms with Crippen molar-refractivity contribution in [2.24, 2.45) is 0 Å². The van der Waals surface area contributed by atoms with Crippen molar-refractivity contribution in [2.45, 2.75) is 26.2 Å². The lowest BCUT2D eigenvalue weighted by molar-refractivity contribution is -0.142. The molecule has 1 N–H and O–H groups in total. The van der Waals surface area contributed by atoms with Crippen LogP contribution in [0.5, 0.6) is 0 Å². The van der Waals surface area contributed by atoms with E-state index in [9.17, 15) is 14.7 Å². The van der Waals surface area contributed by atoms with Gasteiger partial charge in [0.25, 0.3) is 0 Å². The molecule has 0 amide bonds. The van der Waals surface area contributed by atoms with Crippen LogP contribution in [0.1, 0.15) is 37.3 Å². The number of benzene rings is 2. The highest BCUT2D eigenvalue weighted by molar-refractivity contribution is 6.02. The molecular formula is C21H22O4. The Morgan fingerprint density at radius 3 is 2.08 bits per heavy atom. The topological polar surface area (TPSA) is 63.6 Å². The number of carbonyl (C=O) groups excluding carboxylic acids is 1. The molecule has 1 atom stereocenters. The van der Waals surface area contributed by atoms with Gasteiger partial charge in [0.15, 0.2) is 0 Å². The van der Waals surface area contributed by atoms with E-state index in [0.29, 0.717) is 5.57 Å². The summed E-state index contributed by atoms with van der Waals surface area (Å²) in [5.41, 5.74) is 2.71. The number of esters is 1. The highest BCUT2D eigenvalue weighted by Crippen LogP contribution is 2.35. The Hall–Kier alpha value is -2.88. The summed E-state index contributed by atoms with van der Waals surface area (Å²) in [7, 11) is 0. The molecule has 0 aliphatic rings. The number of carbonyl (C=O) groups is 2. The van der Waals surface area contributed by atoms with E-state index in [-0.39, 0.29) is 24.5 Å². The fourth-order valence-electron chi connectivity index (χ4n) is 2.86. The number of ether oxygens (including phenoxy) is 1. The second-order valence-corrected chi connectivity index (χ2v) is 5.68. The van der Waals surface area contributed by atoms with Gasteiger partial charge in [-0.3, -0.25) is 4.79 Å². The number of rotatable bonds is 7. The van der Waals surface area contributed by atoms with Gasteiger partial charge in [-0.15, -0.1) is 0 Å². The zero-order valence-corrected chi connectivity index (χ0v) is 14.4. The molecule has 0 aliphatic carbocycles. The minimum Gasteiger partial charge on any atom is -0.481 e. The van der Waals surface area contributed by atoms with E-state index in [2.05, 4.69) is 0 Å². The van der Waals surface area contributed by atoms with Crippen molar-refractivity contribution < 1.29 is 19.4 Å². The molecule has 0 spiro atoms. The van der Waals surface area contributed by atoms with E-state index in [0.717, 1.165) is 11.1 Å². The Bertz CT molecular complexity index is 748. The van der Waals surface area contributed by atoms with Crippen LogP contribution in [0.15, 0.2) is 66.2 Å². The molecule has 0 bridgehead atoms. The van der Waals surface area contributed by atoms with E-state index < -0.39 is 11.9 Å². The molecule has 0 heterocycles. The Morgan fingerprint density at radius 2 is 1.56 bits per heavy atom. The van der Waals surface area contributed by atoms with E-state index in [1.165, 1.54) is 0 Å². The summed E-state index contributed by atoms with van der Waals surface area (Å²) in [4.78, 5) is 23.9. The zero-order chi connectivity index (χ0) is 18.2. The smallest absolute Gasteiger partial charge is 0.334 e. The predicted molar refractivity (Wildman–Crippen MR) is 97.1 cm³/mol. The third-order valence-corrected chi connectivity index (χ3v) is 3.99. The number of allylic oxidation sites excluding steroid dienone is 1. The third-order valence-electron chi connectivity index (χ3n) is 3.99. The van der Waals surface area contributed by atoms with Crippen LogP contribution in [0.3, 0.4) is 0 Å². The first-order valence-corrected chi connectivity index (χ1v) is 8.26. The molecule has 4 heteroatoms. The normalized spacial score (nSPS) is 12.9. The van der Waals surface area contributed by atoms with E-state index in [1.807, 2.05) is 67.6 Å². The van der Waals surface area contributed by atoms with Crippen LogP contribution in [-0.2, 0) is 14.3 Å². The van der Waals surface area contributed by atoms with Crippen molar-refractivity contribution in [3.05, 3.63) is 77.4 Å². The average Bonchev–Trinajstić information content (AvgIpc) is 2.62. The quantitative estimate of drug-likeness (QED) is 0.604. The summed E-state index contributed by atoms with van der Waals surface area (Å²) in [6, 6.07) is 19.1. The maximum atomic E-state index is 12.5. The van der Waals surface area contributed by atoms with Gasteiger partial charge >= 0.3 is 11.9 Å². The first-order valence-electron chi connectivity index (χ1n) is 8.26. The van der Waals surface area contributed by atoms with Gasteiger partial charge in [-0.1, -0.05) is 67.6 Å². The van der Waals surface area contributed by atoms with Crippen LogP contribution in [0.25, 0.3) is 5.57 Å². The van der Waals surface area contributed by atoms with Crippen LogP contribution < -0.4 is 0 Å². The molecule has 25 heavy (non-hydrogen) atoms. The summed E-state index contributed by atoms with van der Waals surface area (Å²) in [5, 5.41) is 9.31. The molecule has 2 aromatic carbocycles. The Labute approximate surface area is 147 Å². The van der Waals surface area contributed by atoms with Gasteiger partial charge in [-0.25, -0.2) is 4.79 Å². The van der Waals surface area contributed by atoms with Gasteiger partial charge in [-0.05, 0) is 23.6 Å². The second kappa shape index (κ2) is 8.83. The summed E-state index contributed by atoms with van der Waals surface area (Å²) in [6.45, 7) is 3.88. The lowest BCUT2D eigenvalue weighted by atomic mass is 9.84. The zero-order valence-electron chi connectivity index (χ0n) is 14.4. The van der Waals surface area contributed by atoms with Crippen molar-refractivity contribution >= 4 is 17.5 Å². The molecule has 0 aromatic heterocycles. The van der Waals surface area contributed by atoms with Gasteiger partial charge < -0.3 is 9.84 Å². The number of hydrogen-bond donors (Lipinski definition) is 1. The molecule has 0 fully saturated rings. The van der Waals surface area contributed by atoms with Gasteiger partial charge in [0.1, 0.15) is 0 Å². The van der Waals surface area contributed by atoms with Crippen LogP contribution in [0.4, 0.5) is 0 Å². The fraction of sp³-hybridized carbons (Fsp3) is 0.238. The maximum absolute atomic E-state index is 12.5. The van der Waals surface area contributed by atoms with Crippen molar-refractivity contribution in [1.82, 2.24) is 0 Å². The minimum atomic E-state index is -1.06. The molecule has 0 saturated heterocycles. The largest absolute Gasteiger partial charge is 0.481 e. The molecule has 2 aromatic rings. The monoisotopic (exact) mass is 338 g/mol. The second-order valence-electron chi connectivity index (χ2n) is 5.68. The van der Waals surface area contributed by atoms with E-state index >= 15 is 0 Å². The standard InChI is InChI=1S/C21H22O4/c1-3-25-21(24)18(14-19(22)23)20(17-12-8-5-9-13-17)15(2)16-10-6-4-7-11-16/h4-13,15H,3,14H2,1-2H3,(H,22,23). The van der Waals surface area contributed by atoms with Crippen molar-refractivity contribution in [3.63, 3.8) is 0 Å². The van der Waals surface area contributed by atoms with Crippen molar-refractivity contribution in [1.29, 1.82) is 0 Å². The summed E-state index contributed by atoms with van der Waals surface area (Å²) >= 11 is 0. The molecule has 0 radical (unpaired) electrons. The lowest BCUT2D eigenvalue weighted by Gasteiger charge is -2.21. The Morgan fingerprint density at radius 1 is 1.00 bits per heavy atom. The third kappa shape index (κ3) is 4.80. The lowest BCUT2D eigenvalue weighted by Crippen LogP contribution is -2.16. The van der Waals surface area contributed by atoms with E-state index in [1.54, 1.807) is 6.92 Å². The van der Waals surface area contributed by atoms with E-state index in [4.69, 9.17) is 4.74 Å². The number of carboxylic acid groups (broad SMARTS) is 1. The molecule has 130 valence electrons. The summed E-state index contributed by atoms with van der Waals surface area (Å²) in [5.74, 6) is -1.79. The van der Waals surface area contributed by atoms with Crippen LogP contribution in [0, 0.1) is 0 Å². The predicted octanol–water partition coefficient (Wildman–Crippen LogP) is 4.28. The first-order chi connectivity index (χ1) is 12.0. The summed E-state index contributed by atoms with van der Waals surface area (Å²) < 4.78 is 5.13. The number of hydrogen-bond acceptors (Lipinski definition) is 3. The van der Waals surface area contributed by atoms with Gasteiger partial charge in [0, 0.05) is 5.92 Å². The Kier molecular flexibility index (Phi) is 6.52. The molecule has 0 saturated carbocycles. The van der Waals surface area contributed by atoms with Crippen molar-refractivity contribution in [2.75, 3.05) is 6.61 Å². The molecule has 0 aliphatic heterocycles. The first kappa shape index (κ1) is 18.5. The Balaban J connectivity index is 2.65. The SMILES string of the molecule is CCOC(=O)C(CC(=O)O)=C(c1ccccc1)C(C)c1ccccc1. The van der Waals surface area contributed by atoms with Crippen LogP contribution in [0.2, 0.25) is 0 Å². The molecular weight excluding hydrogens is 316 g/mol. The molecule has 4 nitrogen and oxygen atoms in total. The number of carboxylic acids is 1. The minimum absolute atomic E-state index is 0.151. The molecule has 2 rings (SSSR count). The van der Waals surface area contributed by atoms with Crippen LogP contribution >= 0.6 is 0 Å². The number of aliphatic carboxylic acids is 1. The summed E-state index contributed by atoms with van der Waals surface area (Å²) in [6.07, 6.45) is -0.375. The van der Waals surface area contributed by atoms with Gasteiger partial charge in [-0.2, -0.15) is 0 Å². The maximum Gasteiger partial charge on any atom is 0.334 e. The van der Waals surface area contributed by atoms with Crippen LogP contribution in [-0.4, -0.2) is 23.7 Å². The van der Waals surface area contributed by atoms with Gasteiger partial charge in [0.05, 0.1) is 18.6 Å². The van der Waals surface area contributed by atoms with Gasteiger partial charge in [0.2, 0.25) is 0 Å². The highest BCUT2D eigenvalue weighted by atomic mass is 16.5. The average molecular weight is 338 g/mol. The van der Waals surface area contributed by atoms with Crippen molar-refractivity contribution in [3.8, 4) is 0 Å². The molecule has 1 unspecified atom stereocenters. The highest BCUT2D eigenvalue weighted by Gasteiger charge is 2.25.